The van der Waals surface area contributed by atoms with Gasteiger partial charge in [0.05, 0.1) is 26.7 Å². The smallest absolute Gasteiger partial charge is 0.227 e. The van der Waals surface area contributed by atoms with Crippen LogP contribution in [-0.4, -0.2) is 46.8 Å². The molecule has 0 saturated carbocycles. The van der Waals surface area contributed by atoms with E-state index in [1.807, 2.05) is 23.1 Å². The van der Waals surface area contributed by atoms with E-state index in [0.717, 1.165) is 37.2 Å². The number of nitrogens with one attached hydrogen (secondary N) is 1. The Morgan fingerprint density at radius 2 is 2.04 bits per heavy atom. The molecule has 7 nitrogen and oxygen atoms in total. The Kier molecular flexibility index (Phi) is 4.98. The Morgan fingerprint density at radius 3 is 2.67 bits per heavy atom. The van der Waals surface area contributed by atoms with Crippen molar-refractivity contribution in [2.24, 2.45) is 0 Å². The van der Waals surface area contributed by atoms with Crippen molar-refractivity contribution in [3.8, 4) is 11.5 Å². The molecule has 1 aromatic heterocycles. The first-order valence-electron chi connectivity index (χ1n) is 8.09. The molecule has 1 atom stereocenters. The van der Waals surface area contributed by atoms with Crippen molar-refractivity contribution in [1.82, 2.24) is 20.1 Å². The molecule has 1 aliphatic rings. The highest BCUT2D eigenvalue weighted by Gasteiger charge is 2.30. The molecule has 1 unspecified atom stereocenters. The van der Waals surface area contributed by atoms with E-state index in [1.165, 1.54) is 6.33 Å². The van der Waals surface area contributed by atoms with Gasteiger partial charge in [-0.25, -0.2) is 4.98 Å². The molecule has 1 amide bonds. The minimum atomic E-state index is -0.0468. The summed E-state index contributed by atoms with van der Waals surface area (Å²) in [5.74, 6) is 2.11. The summed E-state index contributed by atoms with van der Waals surface area (Å²) in [6.07, 6.45) is 4.68. The van der Waals surface area contributed by atoms with Crippen LogP contribution in [0, 0.1) is 0 Å². The predicted molar refractivity (Wildman–Crippen MR) is 87.9 cm³/mol. The lowest BCUT2D eigenvalue weighted by molar-refractivity contribution is -0.134. The molecule has 1 fully saturated rings. The number of carbonyl (C=O) groups excluding carboxylic acids is 1. The molecule has 1 aromatic carbocycles. The number of methoxy groups -OCH3 is 2. The molecular weight excluding hydrogens is 308 g/mol. The first-order chi connectivity index (χ1) is 11.7. The summed E-state index contributed by atoms with van der Waals surface area (Å²) in [6, 6.07) is 5.49. The molecule has 0 bridgehead atoms. The van der Waals surface area contributed by atoms with Gasteiger partial charge in [-0.05, 0) is 31.4 Å². The predicted octanol–water partition coefficient (Wildman–Crippen LogP) is 2.12. The maximum absolute atomic E-state index is 13.0. The summed E-state index contributed by atoms with van der Waals surface area (Å²) in [7, 11) is 3.20. The lowest BCUT2D eigenvalue weighted by Crippen LogP contribution is -2.40. The lowest BCUT2D eigenvalue weighted by atomic mass is 9.99. The van der Waals surface area contributed by atoms with E-state index in [0.29, 0.717) is 11.5 Å². The number of piperidine rings is 1. The highest BCUT2D eigenvalue weighted by molar-refractivity contribution is 5.81. The molecule has 1 N–H and O–H groups in total. The molecule has 0 spiro atoms. The molecule has 0 radical (unpaired) electrons. The van der Waals surface area contributed by atoms with Gasteiger partial charge < -0.3 is 14.4 Å². The average molecular weight is 330 g/mol. The monoisotopic (exact) mass is 330 g/mol. The topological polar surface area (TPSA) is 80.3 Å². The second-order valence-electron chi connectivity index (χ2n) is 5.79. The molecule has 128 valence electrons. The van der Waals surface area contributed by atoms with Crippen LogP contribution in [0.5, 0.6) is 11.5 Å². The van der Waals surface area contributed by atoms with Crippen molar-refractivity contribution in [2.45, 2.75) is 31.7 Å². The highest BCUT2D eigenvalue weighted by atomic mass is 16.5. The molecule has 2 heterocycles. The molecule has 1 saturated heterocycles. The number of hydrogen-bond acceptors (Lipinski definition) is 5. The number of aromatic nitrogens is 3. The minimum absolute atomic E-state index is 0.0406. The van der Waals surface area contributed by atoms with E-state index in [9.17, 15) is 4.79 Å². The van der Waals surface area contributed by atoms with Crippen LogP contribution in [0.1, 0.15) is 36.7 Å². The summed E-state index contributed by atoms with van der Waals surface area (Å²) in [4.78, 5) is 19.1. The number of aromatic amines is 1. The van der Waals surface area contributed by atoms with Gasteiger partial charge >= 0.3 is 0 Å². The second kappa shape index (κ2) is 7.33. The zero-order valence-electron chi connectivity index (χ0n) is 14.0. The van der Waals surface area contributed by atoms with Crippen LogP contribution in [-0.2, 0) is 11.2 Å². The summed E-state index contributed by atoms with van der Waals surface area (Å²) in [5, 5.41) is 6.81. The Morgan fingerprint density at radius 1 is 1.29 bits per heavy atom. The first kappa shape index (κ1) is 16.3. The number of hydrogen-bond donors (Lipinski definition) is 1. The largest absolute Gasteiger partial charge is 0.496 e. The quantitative estimate of drug-likeness (QED) is 0.908. The number of nitrogens with zero attached hydrogens (tertiary/aromatic N) is 3. The van der Waals surface area contributed by atoms with E-state index < -0.39 is 0 Å². The van der Waals surface area contributed by atoms with Crippen LogP contribution in [0.4, 0.5) is 0 Å². The molecule has 1 aliphatic heterocycles. The highest BCUT2D eigenvalue weighted by Crippen LogP contribution is 2.32. The van der Waals surface area contributed by atoms with Crippen molar-refractivity contribution in [2.75, 3.05) is 20.8 Å². The van der Waals surface area contributed by atoms with Crippen LogP contribution in [0.3, 0.4) is 0 Å². The normalized spacial score (nSPS) is 17.6. The summed E-state index contributed by atoms with van der Waals surface area (Å²) in [5.41, 5.74) is 0.773. The van der Waals surface area contributed by atoms with E-state index in [-0.39, 0.29) is 18.4 Å². The number of likely N-dealkylation sites (tertiary alicyclic amines) is 1. The SMILES string of the molecule is COc1cccc(OC)c1CC(=O)N1CCCCC1c1ncn[nH]1. The lowest BCUT2D eigenvalue weighted by Gasteiger charge is -2.34. The van der Waals surface area contributed by atoms with Crippen molar-refractivity contribution in [3.05, 3.63) is 35.9 Å². The van der Waals surface area contributed by atoms with E-state index in [4.69, 9.17) is 9.47 Å². The van der Waals surface area contributed by atoms with Gasteiger partial charge in [-0.2, -0.15) is 5.10 Å². The Balaban J connectivity index is 1.83. The van der Waals surface area contributed by atoms with Gasteiger partial charge in [0.2, 0.25) is 5.91 Å². The molecule has 2 aromatic rings. The summed E-state index contributed by atoms with van der Waals surface area (Å²) < 4.78 is 10.8. The molecule has 3 rings (SSSR count). The number of rotatable bonds is 5. The third-order valence-corrected chi connectivity index (χ3v) is 4.43. The van der Waals surface area contributed by atoms with Crippen LogP contribution < -0.4 is 9.47 Å². The Hall–Kier alpha value is -2.57. The van der Waals surface area contributed by atoms with Crippen LogP contribution >= 0.6 is 0 Å². The number of benzene rings is 1. The third-order valence-electron chi connectivity index (χ3n) is 4.43. The third kappa shape index (κ3) is 3.20. The summed E-state index contributed by atoms with van der Waals surface area (Å²) >= 11 is 0. The van der Waals surface area contributed by atoms with Gasteiger partial charge in [-0.15, -0.1) is 0 Å². The number of amides is 1. The second-order valence-corrected chi connectivity index (χ2v) is 5.79. The minimum Gasteiger partial charge on any atom is -0.496 e. The van der Waals surface area contributed by atoms with E-state index in [1.54, 1.807) is 14.2 Å². The maximum Gasteiger partial charge on any atom is 0.227 e. The molecule has 0 aliphatic carbocycles. The van der Waals surface area contributed by atoms with Crippen LogP contribution in [0.15, 0.2) is 24.5 Å². The van der Waals surface area contributed by atoms with Crippen LogP contribution in [0.25, 0.3) is 0 Å². The van der Waals surface area contributed by atoms with Gasteiger partial charge in [0.15, 0.2) is 0 Å². The Bertz CT molecular complexity index is 665. The summed E-state index contributed by atoms with van der Waals surface area (Å²) in [6.45, 7) is 0.724. The van der Waals surface area contributed by atoms with Crippen LogP contribution in [0.2, 0.25) is 0 Å². The average Bonchev–Trinajstić information content (AvgIpc) is 3.16. The van der Waals surface area contributed by atoms with Gasteiger partial charge in [-0.1, -0.05) is 6.07 Å². The van der Waals surface area contributed by atoms with Crippen molar-refractivity contribution in [1.29, 1.82) is 0 Å². The first-order valence-corrected chi connectivity index (χ1v) is 8.09. The fraction of sp³-hybridized carbons (Fsp3) is 0.471. The van der Waals surface area contributed by atoms with Gasteiger partial charge in [0.1, 0.15) is 23.7 Å². The molecule has 7 heteroatoms. The number of carbonyl (C=O) groups is 1. The van der Waals surface area contributed by atoms with Gasteiger partial charge in [0, 0.05) is 12.1 Å². The molecular formula is C17H22N4O3. The Labute approximate surface area is 141 Å². The van der Waals surface area contributed by atoms with Crippen molar-refractivity contribution < 1.29 is 14.3 Å². The zero-order valence-corrected chi connectivity index (χ0v) is 14.0. The molecule has 24 heavy (non-hydrogen) atoms. The fourth-order valence-electron chi connectivity index (χ4n) is 3.24. The number of ether oxygens (including phenoxy) is 2. The number of H-pyrrole nitrogens is 1. The van der Waals surface area contributed by atoms with E-state index >= 15 is 0 Å². The maximum atomic E-state index is 13.0. The van der Waals surface area contributed by atoms with Gasteiger partial charge in [0.25, 0.3) is 0 Å². The standard InChI is InChI=1S/C17H22N4O3/c1-23-14-7-5-8-15(24-2)12(14)10-16(22)21-9-4-3-6-13(21)17-18-11-19-20-17/h5,7-8,11,13H,3-4,6,9-10H2,1-2H3,(H,18,19,20). The zero-order chi connectivity index (χ0) is 16.9. The van der Waals surface area contributed by atoms with E-state index in [2.05, 4.69) is 15.2 Å². The van der Waals surface area contributed by atoms with Crippen molar-refractivity contribution >= 4 is 5.91 Å². The van der Waals surface area contributed by atoms with Crippen molar-refractivity contribution in [3.63, 3.8) is 0 Å². The fourth-order valence-corrected chi connectivity index (χ4v) is 3.24. The van der Waals surface area contributed by atoms with Gasteiger partial charge in [-0.3, -0.25) is 9.89 Å².